The van der Waals surface area contributed by atoms with Crippen molar-refractivity contribution in [2.24, 2.45) is 0 Å². The third-order valence-corrected chi connectivity index (χ3v) is 12.2. The van der Waals surface area contributed by atoms with Crippen LogP contribution < -0.4 is 0 Å². The Hall–Kier alpha value is -4.12. The average molecular weight is 609 g/mol. The molecule has 0 radical (unpaired) electrons. The summed E-state index contributed by atoms with van der Waals surface area (Å²) >= 11 is 0. The van der Waals surface area contributed by atoms with Crippen molar-refractivity contribution in [2.75, 3.05) is 0 Å². The summed E-state index contributed by atoms with van der Waals surface area (Å²) in [6.07, 6.45) is 0. The lowest BCUT2D eigenvalue weighted by Crippen LogP contribution is -2.34. The Bertz CT molecular complexity index is 1620. The predicted molar refractivity (Wildman–Crippen MR) is 141 cm³/mol. The van der Waals surface area contributed by atoms with E-state index < -0.39 is 87.8 Å². The summed E-state index contributed by atoms with van der Waals surface area (Å²) in [7, 11) is -4.16. The fraction of sp³-hybridized carbons (Fsp3) is 0.0968. The number of rotatable bonds is 5. The summed E-state index contributed by atoms with van der Waals surface area (Å²) in [5, 5.41) is -0.886. The van der Waals surface area contributed by atoms with Gasteiger partial charge in [-0.05, 0) is 32.7 Å². The lowest BCUT2D eigenvalue weighted by atomic mass is 9.89. The van der Waals surface area contributed by atoms with Crippen LogP contribution in [0, 0.1) is 58.2 Å². The number of allylic oxidation sites excluding steroid dienone is 2. The van der Waals surface area contributed by atoms with Gasteiger partial charge in [0.05, 0.1) is 11.1 Å². The Kier molecular flexibility index (Phi) is 7.42. The Morgan fingerprint density at radius 3 is 0.952 bits per heavy atom. The largest absolute Gasteiger partial charge is 0.203 e. The van der Waals surface area contributed by atoms with E-state index in [2.05, 4.69) is 0 Å². The number of benzene rings is 4. The third kappa shape index (κ3) is 4.12. The molecule has 0 nitrogen and oxygen atoms in total. The zero-order chi connectivity index (χ0) is 30.7. The van der Waals surface area contributed by atoms with Gasteiger partial charge in [-0.25, -0.2) is 43.9 Å². The van der Waals surface area contributed by atoms with Crippen molar-refractivity contribution in [2.45, 2.75) is 19.5 Å². The van der Waals surface area contributed by atoms with Crippen molar-refractivity contribution in [3.8, 4) is 0 Å². The molecule has 4 aromatic rings. The van der Waals surface area contributed by atoms with Crippen LogP contribution in [0.1, 0.15) is 29.2 Å². The fourth-order valence-electron chi connectivity index (χ4n) is 5.52. The van der Waals surface area contributed by atoms with Crippen molar-refractivity contribution < 1.29 is 43.9 Å². The zero-order valence-electron chi connectivity index (χ0n) is 21.8. The van der Waals surface area contributed by atoms with Crippen LogP contribution in [0.5, 0.6) is 0 Å². The van der Waals surface area contributed by atoms with Crippen molar-refractivity contribution in [1.82, 2.24) is 0 Å². The highest BCUT2D eigenvalue weighted by molar-refractivity contribution is 7.13. The van der Waals surface area contributed by atoms with Gasteiger partial charge in [0.2, 0.25) is 11.6 Å². The molecule has 11 heteroatoms. The Balaban J connectivity index is 2.09. The topological polar surface area (TPSA) is 0 Å². The van der Waals surface area contributed by atoms with E-state index in [1.807, 2.05) is 0 Å². The van der Waals surface area contributed by atoms with Gasteiger partial charge in [-0.2, -0.15) is 0 Å². The van der Waals surface area contributed by atoms with Gasteiger partial charge in [-0.3, -0.25) is 0 Å². The van der Waals surface area contributed by atoms with Crippen LogP contribution in [0.25, 0.3) is 21.5 Å². The molecule has 1 aliphatic heterocycles. The molecule has 0 N–H and O–H groups in total. The second kappa shape index (κ2) is 10.6. The van der Waals surface area contributed by atoms with E-state index in [4.69, 9.17) is 0 Å². The van der Waals surface area contributed by atoms with Crippen molar-refractivity contribution in [3.05, 3.63) is 141 Å². The second-order valence-electron chi connectivity index (χ2n) is 9.81. The van der Waals surface area contributed by atoms with Gasteiger partial charge in [-0.15, -0.1) is 0 Å². The number of halogens is 10. The molecule has 1 heterocycles. The molecule has 0 fully saturated rings. The van der Waals surface area contributed by atoms with Gasteiger partial charge in [0.25, 0.3) is 0 Å². The van der Waals surface area contributed by atoms with E-state index in [0.717, 1.165) is 0 Å². The predicted octanol–water partition coefficient (Wildman–Crippen LogP) is 9.79. The summed E-state index contributed by atoms with van der Waals surface area (Å²) in [5.41, 5.74) is -2.65. The maximum atomic E-state index is 15.6. The molecular weight excluding hydrogens is 590 g/mol. The molecule has 0 aliphatic carbocycles. The lowest BCUT2D eigenvalue weighted by molar-refractivity contribution is 0.376. The average Bonchev–Trinajstić information content (AvgIpc) is 3.27. The molecule has 42 heavy (non-hydrogen) atoms. The maximum Gasteiger partial charge on any atom is 0.200 e. The summed E-state index contributed by atoms with van der Waals surface area (Å²) in [4.78, 5) is 0. The second-order valence-corrected chi connectivity index (χ2v) is 14.2. The molecule has 0 spiro atoms. The highest BCUT2D eigenvalue weighted by Crippen LogP contribution is 2.58. The minimum Gasteiger partial charge on any atom is -0.203 e. The van der Waals surface area contributed by atoms with Crippen LogP contribution in [-0.2, 0) is 0 Å². The molecular formula is C31H18F10Si. The van der Waals surface area contributed by atoms with Crippen LogP contribution in [0.2, 0.25) is 12.6 Å². The van der Waals surface area contributed by atoms with Gasteiger partial charge in [0.1, 0.15) is 8.07 Å². The number of hydrogen-bond donors (Lipinski definition) is 0. The summed E-state index contributed by atoms with van der Waals surface area (Å²) in [6, 6.07) is 14.7. The van der Waals surface area contributed by atoms with Crippen LogP contribution in [-0.4, -0.2) is 8.07 Å². The number of hydrogen-bond acceptors (Lipinski definition) is 0. The van der Waals surface area contributed by atoms with E-state index in [9.17, 15) is 26.3 Å². The quantitative estimate of drug-likeness (QED) is 0.0916. The molecule has 0 saturated heterocycles. The van der Waals surface area contributed by atoms with Crippen molar-refractivity contribution >= 4 is 29.6 Å². The summed E-state index contributed by atoms with van der Waals surface area (Å²) in [6.45, 7) is 2.77. The molecule has 0 bridgehead atoms. The highest BCUT2D eigenvalue weighted by Gasteiger charge is 2.51. The monoisotopic (exact) mass is 608 g/mol. The van der Waals surface area contributed by atoms with Crippen LogP contribution in [0.3, 0.4) is 0 Å². The summed E-state index contributed by atoms with van der Waals surface area (Å²) < 4.78 is 149. The van der Waals surface area contributed by atoms with Gasteiger partial charge in [0, 0.05) is 0 Å². The Morgan fingerprint density at radius 2 is 0.690 bits per heavy atom. The maximum absolute atomic E-state index is 15.6. The third-order valence-electron chi connectivity index (χ3n) is 7.61. The first kappa shape index (κ1) is 29.4. The highest BCUT2D eigenvalue weighted by atomic mass is 28.3. The van der Waals surface area contributed by atoms with Crippen molar-refractivity contribution in [1.29, 1.82) is 0 Å². The van der Waals surface area contributed by atoms with Gasteiger partial charge < -0.3 is 0 Å². The van der Waals surface area contributed by atoms with Crippen LogP contribution >= 0.6 is 0 Å². The summed E-state index contributed by atoms with van der Waals surface area (Å²) in [5.74, 6) is -22.6. The van der Waals surface area contributed by atoms with E-state index in [-0.39, 0.29) is 28.3 Å². The zero-order valence-corrected chi connectivity index (χ0v) is 22.8. The first-order valence-corrected chi connectivity index (χ1v) is 15.2. The lowest BCUT2D eigenvalue weighted by Gasteiger charge is -2.30. The first-order valence-electron chi connectivity index (χ1n) is 12.5. The molecule has 0 unspecified atom stereocenters. The molecule has 0 aromatic heterocycles. The van der Waals surface area contributed by atoms with E-state index >= 15 is 17.6 Å². The molecule has 216 valence electrons. The molecule has 4 aromatic carbocycles. The first-order chi connectivity index (χ1) is 19.9. The molecule has 5 rings (SSSR count). The normalized spacial score (nSPS) is 14.8. The fourth-order valence-corrected chi connectivity index (χ4v) is 9.66. The molecule has 0 saturated carbocycles. The van der Waals surface area contributed by atoms with Crippen molar-refractivity contribution in [3.63, 3.8) is 0 Å². The molecule has 1 aliphatic rings. The smallest absolute Gasteiger partial charge is 0.200 e. The Morgan fingerprint density at radius 1 is 0.429 bits per heavy atom. The van der Waals surface area contributed by atoms with Gasteiger partial charge in [-0.1, -0.05) is 80.2 Å². The van der Waals surface area contributed by atoms with E-state index in [1.54, 1.807) is 12.1 Å². The Labute approximate surface area is 234 Å². The molecule has 0 amide bonds. The van der Waals surface area contributed by atoms with Gasteiger partial charge >= 0.3 is 0 Å². The molecule has 0 atom stereocenters. The standard InChI is InChI=1S/C31H18F10Si/c1-3-42(2)30(18-20(32)24(36)28(40)25(37)21(18)33)16(14-10-6-4-7-11-14)17(15-12-8-5-9-13-15)31(42)19-22(34)26(38)29(41)27(39)23(19)35/h4-13H,3H2,1-2H3. The van der Waals surface area contributed by atoms with E-state index in [0.29, 0.717) is 0 Å². The van der Waals surface area contributed by atoms with Crippen LogP contribution in [0.4, 0.5) is 43.9 Å². The van der Waals surface area contributed by atoms with Crippen LogP contribution in [0.15, 0.2) is 60.7 Å². The SMILES string of the molecule is CC[Si]1(C)C(c2c(F)c(F)c(F)c(F)c2F)=C(c2ccccc2)C(c2ccccc2)=C1c1c(F)c(F)c(F)c(F)c1F. The van der Waals surface area contributed by atoms with Gasteiger partial charge in [0.15, 0.2) is 46.5 Å². The minimum atomic E-state index is -4.16. The van der Waals surface area contributed by atoms with E-state index in [1.165, 1.54) is 62.0 Å². The minimum absolute atomic E-state index is 0.153.